The Labute approximate surface area is 84.5 Å². The van der Waals surface area contributed by atoms with Crippen molar-refractivity contribution in [2.75, 3.05) is 5.52 Å². The van der Waals surface area contributed by atoms with Crippen molar-refractivity contribution >= 4 is 21.9 Å². The van der Waals surface area contributed by atoms with E-state index in [2.05, 4.69) is 15.9 Å². The second kappa shape index (κ2) is 4.87. The number of alkyl halides is 1. The Bertz CT molecular complexity index is 281. The molecular formula is C9H9BrO3. The molecule has 0 unspecified atom stereocenters. The molecule has 4 heteroatoms. The van der Waals surface area contributed by atoms with Crippen LogP contribution in [0, 0.1) is 0 Å². The lowest BCUT2D eigenvalue weighted by atomic mass is 10.1. The summed E-state index contributed by atoms with van der Waals surface area (Å²) in [6.07, 6.45) is 0.0502. The number of rotatable bonds is 4. The maximum Gasteiger partial charge on any atom is 0.307 e. The summed E-state index contributed by atoms with van der Waals surface area (Å²) in [5, 5.41) is 8.50. The lowest BCUT2D eigenvalue weighted by Crippen LogP contribution is -1.99. The maximum atomic E-state index is 10.3. The molecule has 70 valence electrons. The molecule has 0 heterocycles. The van der Waals surface area contributed by atoms with Gasteiger partial charge in [-0.05, 0) is 33.6 Å². The zero-order valence-electron chi connectivity index (χ0n) is 6.87. The third kappa shape index (κ3) is 3.46. The van der Waals surface area contributed by atoms with Crippen molar-refractivity contribution in [3.05, 3.63) is 29.8 Å². The van der Waals surface area contributed by atoms with E-state index in [1.165, 1.54) is 0 Å². The third-order valence-electron chi connectivity index (χ3n) is 1.50. The standard InChI is InChI=1S/C9H9BrO3/c10-6-13-8-3-1-7(2-4-8)5-9(11)12/h1-4H,5-6H2,(H,11,12). The number of aliphatic carboxylic acids is 1. The molecule has 0 bridgehead atoms. The molecule has 0 aliphatic carbocycles. The van der Waals surface area contributed by atoms with Crippen molar-refractivity contribution in [1.29, 1.82) is 0 Å². The number of halogens is 1. The molecule has 0 atom stereocenters. The van der Waals surface area contributed by atoms with Crippen LogP contribution < -0.4 is 4.74 Å². The average Bonchev–Trinajstić information content (AvgIpc) is 2.08. The van der Waals surface area contributed by atoms with Crippen LogP contribution in [0.2, 0.25) is 0 Å². The van der Waals surface area contributed by atoms with E-state index in [-0.39, 0.29) is 6.42 Å². The molecule has 0 fully saturated rings. The molecule has 1 rings (SSSR count). The molecule has 0 spiro atoms. The van der Waals surface area contributed by atoms with Crippen molar-refractivity contribution in [2.24, 2.45) is 0 Å². The predicted octanol–water partition coefficient (Wildman–Crippen LogP) is 2.04. The zero-order valence-corrected chi connectivity index (χ0v) is 8.45. The molecule has 0 radical (unpaired) electrons. The summed E-state index contributed by atoms with van der Waals surface area (Å²) in [5.41, 5.74) is 1.21. The summed E-state index contributed by atoms with van der Waals surface area (Å²) in [4.78, 5) is 10.3. The van der Waals surface area contributed by atoms with Gasteiger partial charge < -0.3 is 9.84 Å². The highest BCUT2D eigenvalue weighted by Crippen LogP contribution is 2.12. The Morgan fingerprint density at radius 3 is 2.46 bits per heavy atom. The van der Waals surface area contributed by atoms with E-state index in [0.717, 1.165) is 11.3 Å². The van der Waals surface area contributed by atoms with Crippen molar-refractivity contribution in [1.82, 2.24) is 0 Å². The first-order valence-corrected chi connectivity index (χ1v) is 4.84. The smallest absolute Gasteiger partial charge is 0.307 e. The SMILES string of the molecule is O=C(O)Cc1ccc(OCBr)cc1. The average molecular weight is 245 g/mol. The molecule has 0 saturated carbocycles. The van der Waals surface area contributed by atoms with Gasteiger partial charge in [0.25, 0.3) is 0 Å². The lowest BCUT2D eigenvalue weighted by molar-refractivity contribution is -0.136. The van der Waals surface area contributed by atoms with Gasteiger partial charge >= 0.3 is 5.97 Å². The molecule has 0 aromatic heterocycles. The second-order valence-corrected chi connectivity index (χ2v) is 2.93. The van der Waals surface area contributed by atoms with Crippen molar-refractivity contribution < 1.29 is 14.6 Å². The third-order valence-corrected chi connectivity index (χ3v) is 1.73. The first-order valence-electron chi connectivity index (χ1n) is 3.72. The molecule has 0 aliphatic rings. The molecule has 1 aromatic rings. The van der Waals surface area contributed by atoms with E-state index in [4.69, 9.17) is 9.84 Å². The summed E-state index contributed by atoms with van der Waals surface area (Å²) in [5.74, 6) is -0.0971. The van der Waals surface area contributed by atoms with Gasteiger partial charge in [-0.15, -0.1) is 0 Å². The van der Waals surface area contributed by atoms with Gasteiger partial charge in [0.1, 0.15) is 11.3 Å². The Morgan fingerprint density at radius 2 is 2.00 bits per heavy atom. The summed E-state index contributed by atoms with van der Waals surface area (Å²) in [6, 6.07) is 6.98. The van der Waals surface area contributed by atoms with Crippen LogP contribution in [-0.4, -0.2) is 16.6 Å². The molecule has 13 heavy (non-hydrogen) atoms. The fraction of sp³-hybridized carbons (Fsp3) is 0.222. The van der Waals surface area contributed by atoms with E-state index < -0.39 is 5.97 Å². The van der Waals surface area contributed by atoms with Gasteiger partial charge in [-0.2, -0.15) is 0 Å². The predicted molar refractivity (Wildman–Crippen MR) is 52.2 cm³/mol. The minimum atomic E-state index is -0.825. The van der Waals surface area contributed by atoms with E-state index in [9.17, 15) is 4.79 Å². The number of hydrogen-bond acceptors (Lipinski definition) is 2. The van der Waals surface area contributed by atoms with Crippen LogP contribution in [0.4, 0.5) is 0 Å². The van der Waals surface area contributed by atoms with Gasteiger partial charge in [-0.3, -0.25) is 4.79 Å². The first-order chi connectivity index (χ1) is 6.22. The minimum Gasteiger partial charge on any atom is -0.482 e. The van der Waals surface area contributed by atoms with E-state index >= 15 is 0 Å². The molecule has 0 amide bonds. The lowest BCUT2D eigenvalue weighted by Gasteiger charge is -2.02. The summed E-state index contributed by atoms with van der Waals surface area (Å²) in [6.45, 7) is 0. The number of hydrogen-bond donors (Lipinski definition) is 1. The molecule has 3 nitrogen and oxygen atoms in total. The fourth-order valence-corrected chi connectivity index (χ4v) is 1.21. The van der Waals surface area contributed by atoms with E-state index in [0.29, 0.717) is 5.52 Å². The Hall–Kier alpha value is -1.03. The topological polar surface area (TPSA) is 46.5 Å². The Balaban J connectivity index is 2.64. The van der Waals surface area contributed by atoms with Gasteiger partial charge in [0.15, 0.2) is 0 Å². The Morgan fingerprint density at radius 1 is 1.38 bits per heavy atom. The Kier molecular flexibility index (Phi) is 3.76. The molecule has 0 saturated heterocycles. The molecule has 1 N–H and O–H groups in total. The van der Waals surface area contributed by atoms with Gasteiger partial charge in [-0.25, -0.2) is 0 Å². The summed E-state index contributed by atoms with van der Waals surface area (Å²) < 4.78 is 5.14. The molecular weight excluding hydrogens is 236 g/mol. The molecule has 0 aliphatic heterocycles. The van der Waals surface area contributed by atoms with Crippen LogP contribution in [0.25, 0.3) is 0 Å². The zero-order chi connectivity index (χ0) is 9.68. The number of ether oxygens (including phenoxy) is 1. The largest absolute Gasteiger partial charge is 0.482 e. The highest BCUT2D eigenvalue weighted by atomic mass is 79.9. The normalized spacial score (nSPS) is 9.62. The number of benzene rings is 1. The van der Waals surface area contributed by atoms with Crippen LogP contribution >= 0.6 is 15.9 Å². The maximum absolute atomic E-state index is 10.3. The summed E-state index contributed by atoms with van der Waals surface area (Å²) >= 11 is 3.13. The van der Waals surface area contributed by atoms with Crippen LogP contribution in [-0.2, 0) is 11.2 Å². The van der Waals surface area contributed by atoms with Crippen molar-refractivity contribution in [3.63, 3.8) is 0 Å². The van der Waals surface area contributed by atoms with Gasteiger partial charge in [0.2, 0.25) is 0 Å². The first kappa shape index (κ1) is 10.1. The summed E-state index contributed by atoms with van der Waals surface area (Å²) in [7, 11) is 0. The van der Waals surface area contributed by atoms with E-state index in [1.807, 2.05) is 0 Å². The number of carbonyl (C=O) groups is 1. The quantitative estimate of drug-likeness (QED) is 0.825. The van der Waals surface area contributed by atoms with E-state index in [1.54, 1.807) is 24.3 Å². The monoisotopic (exact) mass is 244 g/mol. The van der Waals surface area contributed by atoms with Gasteiger partial charge in [-0.1, -0.05) is 12.1 Å². The van der Waals surface area contributed by atoms with Gasteiger partial charge in [0.05, 0.1) is 6.42 Å². The van der Waals surface area contributed by atoms with Crippen LogP contribution in [0.1, 0.15) is 5.56 Å². The second-order valence-electron chi connectivity index (χ2n) is 2.47. The van der Waals surface area contributed by atoms with Crippen LogP contribution in [0.5, 0.6) is 5.75 Å². The number of carboxylic acids is 1. The van der Waals surface area contributed by atoms with Gasteiger partial charge in [0, 0.05) is 0 Å². The highest BCUT2D eigenvalue weighted by Gasteiger charge is 1.99. The molecule has 1 aromatic carbocycles. The number of carboxylic acid groups (broad SMARTS) is 1. The fourth-order valence-electron chi connectivity index (χ4n) is 0.941. The highest BCUT2D eigenvalue weighted by molar-refractivity contribution is 9.09. The van der Waals surface area contributed by atoms with Crippen LogP contribution in [0.15, 0.2) is 24.3 Å². The van der Waals surface area contributed by atoms with Crippen LogP contribution in [0.3, 0.4) is 0 Å². The minimum absolute atomic E-state index is 0.0502. The van der Waals surface area contributed by atoms with Crippen molar-refractivity contribution in [3.8, 4) is 5.75 Å². The van der Waals surface area contributed by atoms with Crippen molar-refractivity contribution in [2.45, 2.75) is 6.42 Å².